The van der Waals surface area contributed by atoms with E-state index in [1.807, 2.05) is 24.3 Å². The van der Waals surface area contributed by atoms with E-state index in [1.54, 1.807) is 57.7 Å². The molecule has 3 rings (SSSR count). The molecule has 290 valence electrons. The second-order valence-electron chi connectivity index (χ2n) is 11.2. The zero-order valence-electron chi connectivity index (χ0n) is 31.7. The van der Waals surface area contributed by atoms with Crippen molar-refractivity contribution in [2.45, 2.75) is 57.8 Å². The van der Waals surface area contributed by atoms with Gasteiger partial charge in [-0.3, -0.25) is 14.4 Å². The smallest absolute Gasteiger partial charge is 0.330 e. The summed E-state index contributed by atoms with van der Waals surface area (Å²) < 4.78 is 31.0. The summed E-state index contributed by atoms with van der Waals surface area (Å²) in [5.74, 6) is 2.13. The summed E-state index contributed by atoms with van der Waals surface area (Å²) in [6, 6.07) is 22.3. The second kappa shape index (κ2) is 35.3. The molecule has 0 bridgehead atoms. The quantitative estimate of drug-likeness (QED) is 0.0383. The molecule has 10 heteroatoms. The van der Waals surface area contributed by atoms with Crippen molar-refractivity contribution in [2.75, 3.05) is 54.4 Å². The average molecular weight is 735 g/mol. The highest BCUT2D eigenvalue weighted by atomic mass is 16.5. The van der Waals surface area contributed by atoms with Gasteiger partial charge in [0.1, 0.15) is 36.1 Å². The number of benzene rings is 3. The molecule has 10 nitrogen and oxygen atoms in total. The number of hydrogen-bond donors (Lipinski definition) is 0. The van der Waals surface area contributed by atoms with Crippen molar-refractivity contribution in [3.8, 4) is 17.2 Å². The third kappa shape index (κ3) is 28.2. The fourth-order valence-electron chi connectivity index (χ4n) is 4.17. The zero-order valence-corrected chi connectivity index (χ0v) is 31.7. The molecule has 0 fully saturated rings. The van der Waals surface area contributed by atoms with Gasteiger partial charge in [-0.15, -0.1) is 0 Å². The lowest BCUT2D eigenvalue weighted by atomic mass is 10.1. The third-order valence-electron chi connectivity index (χ3n) is 7.11. The Bertz CT molecular complexity index is 1350. The van der Waals surface area contributed by atoms with Crippen LogP contribution in [0.5, 0.6) is 17.2 Å². The predicted octanol–water partition coefficient (Wildman–Crippen LogP) is 8.51. The van der Waals surface area contributed by atoms with Crippen LogP contribution in [0.15, 0.2) is 98.1 Å². The van der Waals surface area contributed by atoms with Crippen LogP contribution in [0.25, 0.3) is 0 Å². The Morgan fingerprint density at radius 1 is 0.547 bits per heavy atom. The number of allylic oxidation sites excluding steroid dienone is 1. The van der Waals surface area contributed by atoms with Crippen LogP contribution >= 0.6 is 0 Å². The molecule has 0 N–H and O–H groups in total. The first kappa shape index (κ1) is 47.9. The predicted molar refractivity (Wildman–Crippen MR) is 209 cm³/mol. The number of unbranched alkanes of at least 4 members (excludes halogenated alkanes) is 6. The van der Waals surface area contributed by atoms with Crippen LogP contribution in [-0.4, -0.2) is 79.2 Å². The number of esters is 1. The van der Waals surface area contributed by atoms with E-state index < -0.39 is 0 Å². The zero-order chi connectivity index (χ0) is 39.2. The van der Waals surface area contributed by atoms with E-state index in [-0.39, 0.29) is 5.97 Å². The Morgan fingerprint density at radius 2 is 0.962 bits per heavy atom. The van der Waals surface area contributed by atoms with Crippen LogP contribution in [-0.2, 0) is 30.2 Å². The number of ether oxygens (including phenoxy) is 6. The number of carbonyl (C=O) groups excluding carboxylic acids is 4. The highest BCUT2D eigenvalue weighted by molar-refractivity contribution is 5.81. The topological polar surface area (TPSA) is 124 Å². The van der Waals surface area contributed by atoms with Gasteiger partial charge in [0.15, 0.2) is 0 Å². The molecule has 0 unspecified atom stereocenters. The van der Waals surface area contributed by atoms with E-state index in [2.05, 4.69) is 25.3 Å². The highest BCUT2D eigenvalue weighted by Gasteiger charge is 1.98. The van der Waals surface area contributed by atoms with Crippen LogP contribution in [0.1, 0.15) is 77.6 Å². The van der Waals surface area contributed by atoms with Gasteiger partial charge in [-0.1, -0.05) is 31.7 Å². The summed E-state index contributed by atoms with van der Waals surface area (Å²) >= 11 is 0. The molecule has 0 aliphatic heterocycles. The number of rotatable bonds is 24. The molecule has 3 aromatic rings. The molecule has 0 saturated carbocycles. The first-order valence-electron chi connectivity index (χ1n) is 17.7. The van der Waals surface area contributed by atoms with E-state index in [0.717, 1.165) is 101 Å². The van der Waals surface area contributed by atoms with Gasteiger partial charge in [-0.2, -0.15) is 0 Å². The molecule has 0 spiro atoms. The number of methoxy groups -OCH3 is 3. The summed E-state index contributed by atoms with van der Waals surface area (Å²) in [7, 11) is 5.11. The number of carbonyl (C=O) groups is 4. The SMILES string of the molecule is C=CC(=O)OCCCCCCOc1ccc(C=O)cc1.C=CC=O.COCCCCCCOc1ccc(C=O)cc1.COCCc1ccc(OC)cc1. The average Bonchev–Trinajstić information content (AvgIpc) is 3.21. The summed E-state index contributed by atoms with van der Waals surface area (Å²) in [6.45, 7) is 9.87. The summed E-state index contributed by atoms with van der Waals surface area (Å²) in [4.78, 5) is 40.8. The Labute approximate surface area is 316 Å². The van der Waals surface area contributed by atoms with Crippen molar-refractivity contribution >= 4 is 24.8 Å². The van der Waals surface area contributed by atoms with E-state index in [9.17, 15) is 14.4 Å². The van der Waals surface area contributed by atoms with Gasteiger partial charge >= 0.3 is 5.97 Å². The van der Waals surface area contributed by atoms with Crippen molar-refractivity contribution in [1.82, 2.24) is 0 Å². The van der Waals surface area contributed by atoms with Crippen LogP contribution in [0.4, 0.5) is 0 Å². The first-order chi connectivity index (χ1) is 25.9. The summed E-state index contributed by atoms with van der Waals surface area (Å²) in [5.41, 5.74) is 2.60. The third-order valence-corrected chi connectivity index (χ3v) is 7.11. The largest absolute Gasteiger partial charge is 0.497 e. The maximum atomic E-state index is 10.8. The Kier molecular flexibility index (Phi) is 32.0. The molecule has 0 saturated heterocycles. The first-order valence-corrected chi connectivity index (χ1v) is 17.7. The fourth-order valence-corrected chi connectivity index (χ4v) is 4.17. The number of hydrogen-bond acceptors (Lipinski definition) is 10. The molecule has 0 atom stereocenters. The van der Waals surface area contributed by atoms with Gasteiger partial charge in [-0.05, 0) is 124 Å². The molecule has 3 aromatic carbocycles. The monoisotopic (exact) mass is 734 g/mol. The molecular weight excluding hydrogens is 676 g/mol. The fraction of sp³-hybridized carbons (Fsp3) is 0.395. The lowest BCUT2D eigenvalue weighted by molar-refractivity contribution is -0.137. The van der Waals surface area contributed by atoms with Crippen molar-refractivity contribution in [1.29, 1.82) is 0 Å². The van der Waals surface area contributed by atoms with Gasteiger partial charge in [0.25, 0.3) is 0 Å². The standard InChI is InChI=1S/C16H20O4.C14H20O3.C10H14O2.C3H4O/c1-2-16(18)20-12-6-4-3-5-11-19-15-9-7-14(13-17)8-10-15;1-16-10-4-2-3-5-11-17-14-8-6-13(12-15)7-9-14;1-11-8-7-9-3-5-10(12-2)6-4-9;1-2-3-4/h2,7-10,13H,1,3-6,11-12H2;6-9,12H,2-5,10-11H2,1H3;3-6H,7-8H2,1-2H3;2-3H,1H2. The minimum absolute atomic E-state index is 0.368. The lowest BCUT2D eigenvalue weighted by Gasteiger charge is -2.06. The van der Waals surface area contributed by atoms with Gasteiger partial charge in [-0.25, -0.2) is 4.79 Å². The van der Waals surface area contributed by atoms with Crippen LogP contribution in [0, 0.1) is 0 Å². The van der Waals surface area contributed by atoms with Gasteiger partial charge in [0.05, 0.1) is 33.5 Å². The van der Waals surface area contributed by atoms with Crippen molar-refractivity contribution < 1.29 is 47.6 Å². The molecule has 0 aliphatic rings. The van der Waals surface area contributed by atoms with Gasteiger partial charge in [0, 0.05) is 38.0 Å². The van der Waals surface area contributed by atoms with Crippen LogP contribution in [0.2, 0.25) is 0 Å². The maximum Gasteiger partial charge on any atom is 0.330 e. The van der Waals surface area contributed by atoms with E-state index >= 15 is 0 Å². The van der Waals surface area contributed by atoms with Crippen molar-refractivity contribution in [3.05, 3.63) is 115 Å². The van der Waals surface area contributed by atoms with Crippen LogP contribution < -0.4 is 14.2 Å². The second-order valence-corrected chi connectivity index (χ2v) is 11.2. The Balaban J connectivity index is 0.000000745. The Hall–Kier alpha value is -5.06. The normalized spacial score (nSPS) is 9.57. The lowest BCUT2D eigenvalue weighted by Crippen LogP contribution is -2.02. The highest BCUT2D eigenvalue weighted by Crippen LogP contribution is 2.14. The van der Waals surface area contributed by atoms with E-state index in [1.165, 1.54) is 24.1 Å². The minimum atomic E-state index is -0.368. The summed E-state index contributed by atoms with van der Waals surface area (Å²) in [5, 5.41) is 0. The van der Waals surface area contributed by atoms with Crippen LogP contribution in [0.3, 0.4) is 0 Å². The van der Waals surface area contributed by atoms with E-state index in [4.69, 9.17) is 33.2 Å². The van der Waals surface area contributed by atoms with E-state index in [0.29, 0.717) is 30.6 Å². The molecule has 0 aliphatic carbocycles. The molecule has 0 aromatic heterocycles. The molecule has 0 radical (unpaired) electrons. The van der Waals surface area contributed by atoms with Crippen molar-refractivity contribution in [2.24, 2.45) is 0 Å². The number of aldehydes is 3. The van der Waals surface area contributed by atoms with Crippen molar-refractivity contribution in [3.63, 3.8) is 0 Å². The molecule has 0 heterocycles. The maximum absolute atomic E-state index is 10.8. The van der Waals surface area contributed by atoms with Gasteiger partial charge < -0.3 is 28.4 Å². The molecule has 53 heavy (non-hydrogen) atoms. The minimum Gasteiger partial charge on any atom is -0.497 e. The molecular formula is C43H58O10. The Morgan fingerprint density at radius 3 is 1.34 bits per heavy atom. The van der Waals surface area contributed by atoms with Gasteiger partial charge in [0.2, 0.25) is 0 Å². The molecule has 0 amide bonds. The summed E-state index contributed by atoms with van der Waals surface area (Å²) in [6.07, 6.45) is 13.9.